The molecule has 0 aromatic heterocycles. The zero-order chi connectivity index (χ0) is 19.7. The van der Waals surface area contributed by atoms with E-state index in [9.17, 15) is 4.79 Å². The maximum Gasteiger partial charge on any atom is 0.136 e. The van der Waals surface area contributed by atoms with Crippen molar-refractivity contribution in [3.8, 4) is 0 Å². The van der Waals surface area contributed by atoms with Gasteiger partial charge in [-0.1, -0.05) is 64.7 Å². The lowest BCUT2D eigenvalue weighted by molar-refractivity contribution is -0.109. The van der Waals surface area contributed by atoms with E-state index in [1.54, 1.807) is 12.2 Å². The Morgan fingerprint density at radius 2 is 1.52 bits per heavy atom. The van der Waals surface area contributed by atoms with E-state index in [0.717, 1.165) is 18.3 Å². The van der Waals surface area contributed by atoms with Crippen LogP contribution in [0, 0.1) is 5.92 Å². The number of nitrogens with two attached hydrogens (primary N) is 3. The Balaban J connectivity index is -0.0000000657. The lowest BCUT2D eigenvalue weighted by Gasteiger charge is -2.04. The second kappa shape index (κ2) is 37.0. The third kappa shape index (κ3) is 63.8. The molecule has 0 heterocycles. The minimum Gasteiger partial charge on any atom is -0.333 e. The molecule has 0 fully saturated rings. The minimum atomic E-state index is -0.255. The predicted octanol–water partition coefficient (Wildman–Crippen LogP) is 2.61. The fourth-order valence-corrected chi connectivity index (χ4v) is 0.854. The van der Waals surface area contributed by atoms with Crippen molar-refractivity contribution < 1.29 is 9.59 Å². The summed E-state index contributed by atoms with van der Waals surface area (Å²) in [6.45, 7) is 17.3. The first-order valence-corrected chi connectivity index (χ1v) is 7.73. The van der Waals surface area contributed by atoms with E-state index in [-0.39, 0.29) is 12.6 Å². The van der Waals surface area contributed by atoms with E-state index in [0.29, 0.717) is 12.2 Å². The first-order valence-electron chi connectivity index (χ1n) is 7.73. The summed E-state index contributed by atoms with van der Waals surface area (Å²) in [4.78, 5) is 19.0. The Morgan fingerprint density at radius 1 is 1.13 bits per heavy atom. The van der Waals surface area contributed by atoms with Gasteiger partial charge in [0, 0.05) is 6.54 Å². The summed E-state index contributed by atoms with van der Waals surface area (Å²) in [5.74, 6) is 0.523. The number of hydrogen-bond donors (Lipinski definition) is 3. The standard InChI is InChI=1S/C7H10.C6H13NO.C2H5NO.C2H6.CH5N/c1-4-6-7(3)5-2;1-5(2)3-6(7)4-8;3-1-2-4;2*1-2/h4-6H,1-2H2,3H3;4-6H,3,7H2,1-2H3;2H,1,3H2;1-2H3;2H2,1H3/b7-6-;;;;/t;6-;;;/m.0.../s1. The van der Waals surface area contributed by atoms with Gasteiger partial charge >= 0.3 is 0 Å². The van der Waals surface area contributed by atoms with Crippen molar-refractivity contribution in [1.29, 1.82) is 0 Å². The monoisotopic (exact) mass is 329 g/mol. The molecule has 1 atom stereocenters. The SMILES string of the molecule is C=C/C=C(/C)C=C.CC.CC(C)C[C@H](N)C=O.CN.NCC=O. The molecule has 23 heavy (non-hydrogen) atoms. The second-order valence-corrected chi connectivity index (χ2v) is 4.18. The Bertz CT molecular complexity index is 275. The van der Waals surface area contributed by atoms with Gasteiger partial charge in [0.25, 0.3) is 0 Å². The van der Waals surface area contributed by atoms with Crippen molar-refractivity contribution in [2.75, 3.05) is 13.6 Å². The normalized spacial score (nSPS) is 9.74. The molecule has 5 nitrogen and oxygen atoms in total. The van der Waals surface area contributed by atoms with Gasteiger partial charge in [-0.3, -0.25) is 0 Å². The molecule has 0 aliphatic rings. The quantitative estimate of drug-likeness (QED) is 0.512. The smallest absolute Gasteiger partial charge is 0.136 e. The van der Waals surface area contributed by atoms with Crippen LogP contribution in [0.2, 0.25) is 0 Å². The average molecular weight is 330 g/mol. The third-order valence-corrected chi connectivity index (χ3v) is 1.72. The van der Waals surface area contributed by atoms with Crippen LogP contribution in [0.1, 0.15) is 41.0 Å². The molecule has 0 aliphatic carbocycles. The van der Waals surface area contributed by atoms with Gasteiger partial charge in [-0.2, -0.15) is 0 Å². The van der Waals surface area contributed by atoms with Gasteiger partial charge in [-0.25, -0.2) is 0 Å². The molecule has 0 spiro atoms. The molecule has 0 radical (unpaired) electrons. The fraction of sp³-hybridized carbons (Fsp3) is 0.556. The van der Waals surface area contributed by atoms with E-state index < -0.39 is 0 Å². The zero-order valence-electron chi connectivity index (χ0n) is 15.9. The van der Waals surface area contributed by atoms with E-state index in [2.05, 4.69) is 24.6 Å². The van der Waals surface area contributed by atoms with E-state index in [4.69, 9.17) is 10.5 Å². The van der Waals surface area contributed by atoms with Gasteiger partial charge in [0.1, 0.15) is 12.6 Å². The van der Waals surface area contributed by atoms with Gasteiger partial charge in [-0.15, -0.1) is 0 Å². The molecular formula is C18H39N3O2. The Hall–Kier alpha value is -1.56. The van der Waals surface area contributed by atoms with Crippen LogP contribution in [0.4, 0.5) is 0 Å². The molecule has 138 valence electrons. The average Bonchev–Trinajstić information content (AvgIpc) is 2.58. The molecule has 0 bridgehead atoms. The maximum absolute atomic E-state index is 9.92. The lowest BCUT2D eigenvalue weighted by Crippen LogP contribution is -2.23. The van der Waals surface area contributed by atoms with Crippen LogP contribution in [0.5, 0.6) is 0 Å². The highest BCUT2D eigenvalue weighted by molar-refractivity contribution is 5.56. The Labute approximate surface area is 143 Å². The Morgan fingerprint density at radius 3 is 1.61 bits per heavy atom. The molecule has 0 saturated carbocycles. The second-order valence-electron chi connectivity index (χ2n) is 4.18. The van der Waals surface area contributed by atoms with Gasteiger partial charge in [0.05, 0.1) is 6.04 Å². The Kier molecular flexibility index (Phi) is 53.4. The zero-order valence-corrected chi connectivity index (χ0v) is 15.9. The molecule has 0 aromatic carbocycles. The number of hydrogen-bond acceptors (Lipinski definition) is 5. The molecule has 0 amide bonds. The molecule has 0 saturated heterocycles. The summed E-state index contributed by atoms with van der Waals surface area (Å²) in [6.07, 6.45) is 7.69. The van der Waals surface area contributed by atoms with Gasteiger partial charge < -0.3 is 26.8 Å². The first kappa shape index (κ1) is 33.1. The molecule has 0 aromatic rings. The fourth-order valence-electron chi connectivity index (χ4n) is 0.854. The summed E-state index contributed by atoms with van der Waals surface area (Å²) in [7, 11) is 1.50. The van der Waals surface area contributed by atoms with Crippen molar-refractivity contribution in [1.82, 2.24) is 0 Å². The molecule has 6 N–H and O–H groups in total. The highest BCUT2D eigenvalue weighted by atomic mass is 16.1. The van der Waals surface area contributed by atoms with Crippen LogP contribution in [0.3, 0.4) is 0 Å². The topological polar surface area (TPSA) is 112 Å². The van der Waals surface area contributed by atoms with Crippen molar-refractivity contribution in [2.24, 2.45) is 23.1 Å². The highest BCUT2D eigenvalue weighted by Crippen LogP contribution is 1.99. The largest absolute Gasteiger partial charge is 0.333 e. The van der Waals surface area contributed by atoms with Crippen molar-refractivity contribution >= 4 is 12.6 Å². The molecule has 0 aliphatic heterocycles. The first-order chi connectivity index (χ1) is 10.9. The van der Waals surface area contributed by atoms with E-state index in [1.165, 1.54) is 7.05 Å². The van der Waals surface area contributed by atoms with E-state index >= 15 is 0 Å². The minimum absolute atomic E-state index is 0.139. The summed E-state index contributed by atoms with van der Waals surface area (Å²) < 4.78 is 0. The van der Waals surface area contributed by atoms with Crippen molar-refractivity contribution in [2.45, 2.75) is 47.1 Å². The van der Waals surface area contributed by atoms with Crippen LogP contribution < -0.4 is 17.2 Å². The van der Waals surface area contributed by atoms with Crippen LogP contribution in [-0.4, -0.2) is 32.2 Å². The van der Waals surface area contributed by atoms with Crippen LogP contribution in [0.25, 0.3) is 0 Å². The summed E-state index contributed by atoms with van der Waals surface area (Å²) in [5, 5.41) is 0. The van der Waals surface area contributed by atoms with E-state index in [1.807, 2.05) is 40.7 Å². The highest BCUT2D eigenvalue weighted by Gasteiger charge is 2.01. The summed E-state index contributed by atoms with van der Waals surface area (Å²) in [6, 6.07) is -0.255. The summed E-state index contributed by atoms with van der Waals surface area (Å²) in [5.41, 5.74) is 15.6. The van der Waals surface area contributed by atoms with Gasteiger partial charge in [0.2, 0.25) is 0 Å². The predicted molar refractivity (Wildman–Crippen MR) is 104 cm³/mol. The molecule has 5 heteroatoms. The van der Waals surface area contributed by atoms with Crippen molar-refractivity contribution in [3.05, 3.63) is 37.0 Å². The molecule has 0 rings (SSSR count). The van der Waals surface area contributed by atoms with Gasteiger partial charge in [-0.05, 0) is 26.3 Å². The number of rotatable bonds is 6. The number of aldehydes is 2. The lowest BCUT2D eigenvalue weighted by atomic mass is 10.1. The summed E-state index contributed by atoms with van der Waals surface area (Å²) >= 11 is 0. The maximum atomic E-state index is 9.92. The van der Waals surface area contributed by atoms with Crippen molar-refractivity contribution in [3.63, 3.8) is 0 Å². The van der Waals surface area contributed by atoms with Crippen LogP contribution in [-0.2, 0) is 9.59 Å². The van der Waals surface area contributed by atoms with Crippen LogP contribution >= 0.6 is 0 Å². The third-order valence-electron chi connectivity index (χ3n) is 1.72. The van der Waals surface area contributed by atoms with Crippen LogP contribution in [0.15, 0.2) is 37.0 Å². The number of carbonyl (C=O) groups excluding carboxylic acids is 2. The van der Waals surface area contributed by atoms with Gasteiger partial charge in [0.15, 0.2) is 0 Å². The molecular weight excluding hydrogens is 290 g/mol. The number of allylic oxidation sites excluding steroid dienone is 4. The number of carbonyl (C=O) groups is 2. The molecule has 0 unspecified atom stereocenters.